The first kappa shape index (κ1) is 21.8. The molecule has 1 aromatic heterocycles. The molecule has 8 nitrogen and oxygen atoms in total. The van der Waals surface area contributed by atoms with E-state index >= 15 is 0 Å². The van der Waals surface area contributed by atoms with Crippen LogP contribution in [0.5, 0.6) is 11.5 Å². The molecule has 0 amide bonds. The van der Waals surface area contributed by atoms with E-state index in [9.17, 15) is 18.9 Å². The van der Waals surface area contributed by atoms with Gasteiger partial charge in [0.2, 0.25) is 0 Å². The summed E-state index contributed by atoms with van der Waals surface area (Å²) in [6.45, 7) is 5.31. The van der Waals surface area contributed by atoms with Crippen LogP contribution in [0.4, 0.5) is 26.0 Å². The van der Waals surface area contributed by atoms with Gasteiger partial charge in [0.05, 0.1) is 34.9 Å². The predicted octanol–water partition coefficient (Wildman–Crippen LogP) is 4.90. The van der Waals surface area contributed by atoms with Crippen LogP contribution in [0.2, 0.25) is 0 Å². The van der Waals surface area contributed by atoms with Crippen LogP contribution in [0.25, 0.3) is 11.1 Å². The minimum absolute atomic E-state index is 0.0283. The second-order valence-corrected chi connectivity index (χ2v) is 6.56. The Hall–Kier alpha value is -3.95. The Bertz CT molecular complexity index is 1140. The van der Waals surface area contributed by atoms with Gasteiger partial charge in [0.25, 0.3) is 5.69 Å². The van der Waals surface area contributed by atoms with Crippen molar-refractivity contribution in [3.63, 3.8) is 0 Å². The number of nitro benzene ring substituents is 1. The Balaban J connectivity index is 2.11. The lowest BCUT2D eigenvalue weighted by atomic mass is 10.0. The standard InChI is InChI=1S/C21H20F2N4O4/c1-5-8-31-13-6-7-17(18(11-13)27(28)29)24-21-19(12(2)25-26(21)3)20-15(22)9-14(30-4)10-16(20)23/h5-7,9-11,24H,1,8H2,2-4H3. The summed E-state index contributed by atoms with van der Waals surface area (Å²) in [6, 6.07) is 6.36. The molecular weight excluding hydrogens is 410 g/mol. The minimum Gasteiger partial charge on any atom is -0.497 e. The fourth-order valence-corrected chi connectivity index (χ4v) is 3.15. The lowest BCUT2D eigenvalue weighted by molar-refractivity contribution is -0.384. The van der Waals surface area contributed by atoms with Crippen molar-refractivity contribution in [2.24, 2.45) is 7.05 Å². The van der Waals surface area contributed by atoms with E-state index < -0.39 is 16.6 Å². The second kappa shape index (κ2) is 8.82. The molecule has 0 aliphatic rings. The number of halogens is 2. The molecule has 10 heteroatoms. The molecule has 0 fully saturated rings. The van der Waals surface area contributed by atoms with E-state index in [2.05, 4.69) is 17.0 Å². The van der Waals surface area contributed by atoms with Gasteiger partial charge in [-0.15, -0.1) is 0 Å². The zero-order chi connectivity index (χ0) is 22.7. The number of rotatable bonds is 8. The smallest absolute Gasteiger partial charge is 0.296 e. The number of nitro groups is 1. The molecule has 1 heterocycles. The summed E-state index contributed by atoms with van der Waals surface area (Å²) in [5.74, 6) is -1.20. The van der Waals surface area contributed by atoms with Crippen molar-refractivity contribution >= 4 is 17.2 Å². The molecule has 3 rings (SSSR count). The normalized spacial score (nSPS) is 10.6. The Labute approximate surface area is 176 Å². The molecule has 0 saturated carbocycles. The van der Waals surface area contributed by atoms with Gasteiger partial charge in [-0.1, -0.05) is 12.7 Å². The van der Waals surface area contributed by atoms with Crippen molar-refractivity contribution in [3.05, 3.63) is 70.4 Å². The number of nitrogens with one attached hydrogen (secondary N) is 1. The van der Waals surface area contributed by atoms with Crippen molar-refractivity contribution in [3.8, 4) is 22.6 Å². The average molecular weight is 430 g/mol. The van der Waals surface area contributed by atoms with E-state index in [1.165, 1.54) is 36.1 Å². The summed E-state index contributed by atoms with van der Waals surface area (Å²) >= 11 is 0. The van der Waals surface area contributed by atoms with Gasteiger partial charge in [0, 0.05) is 19.2 Å². The number of methoxy groups -OCH3 is 1. The number of anilines is 2. The number of aryl methyl sites for hydroxylation is 2. The molecule has 31 heavy (non-hydrogen) atoms. The van der Waals surface area contributed by atoms with E-state index in [1.54, 1.807) is 14.0 Å². The van der Waals surface area contributed by atoms with Crippen molar-refractivity contribution < 1.29 is 23.2 Å². The van der Waals surface area contributed by atoms with Gasteiger partial charge >= 0.3 is 0 Å². The first-order valence-corrected chi connectivity index (χ1v) is 9.13. The van der Waals surface area contributed by atoms with Crippen LogP contribution >= 0.6 is 0 Å². The van der Waals surface area contributed by atoms with Crippen LogP contribution < -0.4 is 14.8 Å². The number of nitrogens with zero attached hydrogens (tertiary/aromatic N) is 3. The van der Waals surface area contributed by atoms with Crippen molar-refractivity contribution in [2.75, 3.05) is 19.0 Å². The molecule has 0 radical (unpaired) electrons. The van der Waals surface area contributed by atoms with Gasteiger partial charge in [-0.3, -0.25) is 14.8 Å². The molecule has 0 saturated heterocycles. The highest BCUT2D eigenvalue weighted by Crippen LogP contribution is 2.39. The average Bonchev–Trinajstić information content (AvgIpc) is 2.99. The maximum absolute atomic E-state index is 14.8. The van der Waals surface area contributed by atoms with Crippen LogP contribution in [0.3, 0.4) is 0 Å². The van der Waals surface area contributed by atoms with Gasteiger partial charge in [0.1, 0.15) is 41.2 Å². The maximum atomic E-state index is 14.8. The second-order valence-electron chi connectivity index (χ2n) is 6.56. The number of hydrogen-bond donors (Lipinski definition) is 1. The van der Waals surface area contributed by atoms with Gasteiger partial charge in [-0.05, 0) is 19.1 Å². The zero-order valence-electron chi connectivity index (χ0n) is 17.1. The topological polar surface area (TPSA) is 91.4 Å². The Kier molecular flexibility index (Phi) is 6.19. The summed E-state index contributed by atoms with van der Waals surface area (Å²) in [4.78, 5) is 11.0. The first-order chi connectivity index (χ1) is 14.8. The summed E-state index contributed by atoms with van der Waals surface area (Å²) in [7, 11) is 2.86. The Morgan fingerprint density at radius 2 is 1.90 bits per heavy atom. The van der Waals surface area contributed by atoms with Crippen LogP contribution in [0, 0.1) is 28.7 Å². The summed E-state index contributed by atoms with van der Waals surface area (Å²) < 4.78 is 41.1. The number of aromatic nitrogens is 2. The summed E-state index contributed by atoms with van der Waals surface area (Å²) in [5, 5.41) is 18.7. The number of ether oxygens (including phenoxy) is 2. The molecule has 0 atom stereocenters. The van der Waals surface area contributed by atoms with E-state index in [0.29, 0.717) is 5.69 Å². The van der Waals surface area contributed by atoms with Crippen LogP contribution in [0.1, 0.15) is 5.69 Å². The molecule has 0 aliphatic heterocycles. The highest BCUT2D eigenvalue weighted by atomic mass is 19.1. The lowest BCUT2D eigenvalue weighted by Crippen LogP contribution is -2.04. The fraction of sp³-hybridized carbons (Fsp3) is 0.190. The number of hydrogen-bond acceptors (Lipinski definition) is 6. The maximum Gasteiger partial charge on any atom is 0.296 e. The van der Waals surface area contributed by atoms with Crippen LogP contribution in [-0.4, -0.2) is 28.4 Å². The molecule has 3 aromatic rings. The predicted molar refractivity (Wildman–Crippen MR) is 112 cm³/mol. The van der Waals surface area contributed by atoms with Gasteiger partial charge in [-0.25, -0.2) is 8.78 Å². The van der Waals surface area contributed by atoms with Gasteiger partial charge < -0.3 is 14.8 Å². The Morgan fingerprint density at radius 1 is 1.23 bits per heavy atom. The third-order valence-electron chi connectivity index (χ3n) is 4.51. The minimum atomic E-state index is -0.848. The van der Waals surface area contributed by atoms with Gasteiger partial charge in [-0.2, -0.15) is 5.10 Å². The molecule has 0 unspecified atom stereocenters. The highest BCUT2D eigenvalue weighted by Gasteiger charge is 2.25. The molecule has 0 bridgehead atoms. The Morgan fingerprint density at radius 3 is 2.48 bits per heavy atom. The number of benzene rings is 2. The van der Waals surface area contributed by atoms with Crippen LogP contribution in [0.15, 0.2) is 43.0 Å². The van der Waals surface area contributed by atoms with Crippen LogP contribution in [-0.2, 0) is 7.05 Å². The van der Waals surface area contributed by atoms with E-state index in [1.807, 2.05) is 0 Å². The third kappa shape index (κ3) is 4.32. The molecule has 2 aromatic carbocycles. The molecule has 162 valence electrons. The fourth-order valence-electron chi connectivity index (χ4n) is 3.15. The van der Waals surface area contributed by atoms with E-state index in [0.717, 1.165) is 12.1 Å². The monoisotopic (exact) mass is 430 g/mol. The lowest BCUT2D eigenvalue weighted by Gasteiger charge is -2.13. The van der Waals surface area contributed by atoms with E-state index in [4.69, 9.17) is 9.47 Å². The summed E-state index contributed by atoms with van der Waals surface area (Å²) in [5.41, 5.74) is -0.0120. The van der Waals surface area contributed by atoms with Crippen molar-refractivity contribution in [1.82, 2.24) is 9.78 Å². The quantitative estimate of drug-likeness (QED) is 0.311. The molecule has 0 spiro atoms. The summed E-state index contributed by atoms with van der Waals surface area (Å²) in [6.07, 6.45) is 1.51. The SMILES string of the molecule is C=CCOc1ccc(Nc2c(-c3c(F)cc(OC)cc3F)c(C)nn2C)c([N+](=O)[O-])c1. The van der Waals surface area contributed by atoms with Gasteiger partial charge in [0.15, 0.2) is 0 Å². The van der Waals surface area contributed by atoms with Crippen molar-refractivity contribution in [2.45, 2.75) is 6.92 Å². The molecule has 1 N–H and O–H groups in total. The van der Waals surface area contributed by atoms with Crippen molar-refractivity contribution in [1.29, 1.82) is 0 Å². The molecular formula is C21H20F2N4O4. The third-order valence-corrected chi connectivity index (χ3v) is 4.51. The highest BCUT2D eigenvalue weighted by molar-refractivity contribution is 5.83. The first-order valence-electron chi connectivity index (χ1n) is 9.13. The van der Waals surface area contributed by atoms with E-state index in [-0.39, 0.29) is 46.4 Å². The zero-order valence-corrected chi connectivity index (χ0v) is 17.1. The molecule has 0 aliphatic carbocycles. The largest absolute Gasteiger partial charge is 0.497 e.